The molecule has 156 valence electrons. The van der Waals surface area contributed by atoms with E-state index in [-0.39, 0.29) is 36.0 Å². The molecule has 0 bridgehead atoms. The summed E-state index contributed by atoms with van der Waals surface area (Å²) in [4.78, 5) is 26.7. The van der Waals surface area contributed by atoms with Crippen molar-refractivity contribution in [2.75, 3.05) is 5.75 Å². The summed E-state index contributed by atoms with van der Waals surface area (Å²) in [6, 6.07) is 11.7. The predicted octanol–water partition coefficient (Wildman–Crippen LogP) is 4.14. The van der Waals surface area contributed by atoms with Crippen LogP contribution in [-0.4, -0.2) is 34.6 Å². The van der Waals surface area contributed by atoms with Crippen LogP contribution in [-0.2, 0) is 21.9 Å². The minimum atomic E-state index is -0.765. The van der Waals surface area contributed by atoms with Gasteiger partial charge in [0.2, 0.25) is 11.8 Å². The molecule has 0 aromatic heterocycles. The van der Waals surface area contributed by atoms with Gasteiger partial charge in [-0.25, -0.2) is 8.78 Å². The Labute approximate surface area is 174 Å². The van der Waals surface area contributed by atoms with Crippen LogP contribution in [0.15, 0.2) is 48.5 Å². The van der Waals surface area contributed by atoms with Crippen LogP contribution in [0.4, 0.5) is 8.78 Å². The van der Waals surface area contributed by atoms with E-state index in [2.05, 4.69) is 5.32 Å². The number of rotatable bonds is 9. The Hall–Kier alpha value is -2.41. The van der Waals surface area contributed by atoms with Gasteiger partial charge in [0, 0.05) is 23.9 Å². The van der Waals surface area contributed by atoms with Crippen molar-refractivity contribution in [3.8, 4) is 0 Å². The highest BCUT2D eigenvalue weighted by atomic mass is 32.2. The Morgan fingerprint density at radius 1 is 0.966 bits per heavy atom. The molecule has 0 radical (unpaired) electrons. The van der Waals surface area contributed by atoms with Crippen molar-refractivity contribution in [3.63, 3.8) is 0 Å². The average molecular weight is 421 g/mol. The van der Waals surface area contributed by atoms with E-state index in [1.54, 1.807) is 43.3 Å². The highest BCUT2D eigenvalue weighted by Gasteiger charge is 2.27. The van der Waals surface area contributed by atoms with E-state index in [9.17, 15) is 18.4 Å². The average Bonchev–Trinajstić information content (AvgIpc) is 2.67. The fraction of sp³-hybridized carbons (Fsp3) is 0.364. The lowest BCUT2D eigenvalue weighted by Gasteiger charge is -2.29. The smallest absolute Gasteiger partial charge is 0.242 e. The number of thioether (sulfide) groups is 1. The molecular formula is C22H26F2N2O2S. The minimum Gasteiger partial charge on any atom is -0.352 e. The normalized spacial score (nSPS) is 11.9. The first kappa shape index (κ1) is 22.9. The number of nitrogens with one attached hydrogen (secondary N) is 1. The van der Waals surface area contributed by atoms with Crippen LogP contribution in [0.3, 0.4) is 0 Å². The second-order valence-corrected chi connectivity index (χ2v) is 8.02. The van der Waals surface area contributed by atoms with Gasteiger partial charge in [0.05, 0.1) is 5.75 Å². The second kappa shape index (κ2) is 11.0. The van der Waals surface area contributed by atoms with Crippen molar-refractivity contribution >= 4 is 23.6 Å². The lowest BCUT2D eigenvalue weighted by molar-refractivity contribution is -0.138. The van der Waals surface area contributed by atoms with E-state index < -0.39 is 11.9 Å². The third-order valence-corrected chi connectivity index (χ3v) is 5.30. The fourth-order valence-corrected chi connectivity index (χ4v) is 3.64. The van der Waals surface area contributed by atoms with Crippen molar-refractivity contribution in [2.24, 2.45) is 0 Å². The molecule has 1 unspecified atom stereocenters. The first-order valence-corrected chi connectivity index (χ1v) is 10.6. The van der Waals surface area contributed by atoms with Gasteiger partial charge in [-0.1, -0.05) is 36.4 Å². The zero-order chi connectivity index (χ0) is 21.4. The van der Waals surface area contributed by atoms with Gasteiger partial charge in [-0.15, -0.1) is 11.8 Å². The van der Waals surface area contributed by atoms with Gasteiger partial charge in [0.25, 0.3) is 0 Å². The third kappa shape index (κ3) is 6.85. The topological polar surface area (TPSA) is 49.4 Å². The molecule has 7 heteroatoms. The maximum Gasteiger partial charge on any atom is 0.242 e. The molecule has 0 aliphatic carbocycles. The van der Waals surface area contributed by atoms with Gasteiger partial charge in [0.15, 0.2) is 0 Å². The van der Waals surface area contributed by atoms with Crippen LogP contribution >= 0.6 is 11.8 Å². The highest BCUT2D eigenvalue weighted by Crippen LogP contribution is 2.18. The van der Waals surface area contributed by atoms with Crippen molar-refractivity contribution < 1.29 is 18.4 Å². The van der Waals surface area contributed by atoms with Gasteiger partial charge in [0.1, 0.15) is 17.7 Å². The first-order chi connectivity index (χ1) is 13.8. The zero-order valence-corrected chi connectivity index (χ0v) is 17.6. The molecule has 2 aromatic rings. The summed E-state index contributed by atoms with van der Waals surface area (Å²) in [6.45, 7) is 5.27. The number of halogens is 2. The molecule has 0 heterocycles. The van der Waals surface area contributed by atoms with Gasteiger partial charge in [-0.05, 0) is 38.5 Å². The summed E-state index contributed by atoms with van der Waals surface area (Å²) in [7, 11) is 0. The fourth-order valence-electron chi connectivity index (χ4n) is 2.74. The Morgan fingerprint density at radius 3 is 2.07 bits per heavy atom. The summed E-state index contributed by atoms with van der Waals surface area (Å²) in [6.07, 6.45) is 0. The third-order valence-electron chi connectivity index (χ3n) is 4.34. The SMILES string of the molecule is CC(C)NC(=O)C(C)N(Cc1ccccc1F)C(=O)CSCc1ccccc1F. The van der Waals surface area contributed by atoms with Crippen LogP contribution < -0.4 is 5.32 Å². The highest BCUT2D eigenvalue weighted by molar-refractivity contribution is 7.99. The Bertz CT molecular complexity index is 845. The molecule has 2 aromatic carbocycles. The summed E-state index contributed by atoms with van der Waals surface area (Å²) in [5.41, 5.74) is 0.848. The number of carbonyl (C=O) groups is 2. The van der Waals surface area contributed by atoms with E-state index in [0.717, 1.165) is 0 Å². The molecule has 0 spiro atoms. The van der Waals surface area contributed by atoms with Crippen LogP contribution in [0.5, 0.6) is 0 Å². The number of nitrogens with zero attached hydrogens (tertiary/aromatic N) is 1. The summed E-state index contributed by atoms with van der Waals surface area (Å²) < 4.78 is 27.9. The number of hydrogen-bond donors (Lipinski definition) is 1. The molecule has 0 aliphatic heterocycles. The van der Waals surface area contributed by atoms with E-state index in [0.29, 0.717) is 16.9 Å². The molecule has 0 fully saturated rings. The van der Waals surface area contributed by atoms with Gasteiger partial charge in [-0.3, -0.25) is 9.59 Å². The van der Waals surface area contributed by atoms with Crippen LogP contribution in [0.1, 0.15) is 31.9 Å². The quantitative estimate of drug-likeness (QED) is 0.663. The molecule has 1 atom stereocenters. The maximum absolute atomic E-state index is 14.1. The molecule has 2 rings (SSSR count). The van der Waals surface area contributed by atoms with Gasteiger partial charge < -0.3 is 10.2 Å². The Kier molecular flexibility index (Phi) is 8.64. The maximum atomic E-state index is 14.1. The van der Waals surface area contributed by atoms with E-state index in [1.807, 2.05) is 13.8 Å². The Morgan fingerprint density at radius 2 is 1.52 bits per heavy atom. The lowest BCUT2D eigenvalue weighted by Crippen LogP contribution is -2.49. The summed E-state index contributed by atoms with van der Waals surface area (Å²) >= 11 is 1.26. The number of carbonyl (C=O) groups excluding carboxylic acids is 2. The van der Waals surface area contributed by atoms with Crippen molar-refractivity contribution in [1.29, 1.82) is 0 Å². The van der Waals surface area contributed by atoms with E-state index in [1.165, 1.54) is 28.8 Å². The van der Waals surface area contributed by atoms with Crippen molar-refractivity contribution in [1.82, 2.24) is 10.2 Å². The van der Waals surface area contributed by atoms with Gasteiger partial charge in [-0.2, -0.15) is 0 Å². The minimum absolute atomic E-state index is 0.0154. The predicted molar refractivity (Wildman–Crippen MR) is 112 cm³/mol. The van der Waals surface area contributed by atoms with Crippen LogP contribution in [0.2, 0.25) is 0 Å². The lowest BCUT2D eigenvalue weighted by atomic mass is 10.1. The molecular weight excluding hydrogens is 394 g/mol. The van der Waals surface area contributed by atoms with Crippen molar-refractivity contribution in [3.05, 3.63) is 71.3 Å². The molecule has 0 saturated heterocycles. The van der Waals surface area contributed by atoms with E-state index >= 15 is 0 Å². The molecule has 2 amide bonds. The van der Waals surface area contributed by atoms with Crippen molar-refractivity contribution in [2.45, 2.75) is 45.2 Å². The molecule has 0 saturated carbocycles. The molecule has 1 N–H and O–H groups in total. The second-order valence-electron chi connectivity index (χ2n) is 7.04. The first-order valence-electron chi connectivity index (χ1n) is 9.44. The number of hydrogen-bond acceptors (Lipinski definition) is 3. The monoisotopic (exact) mass is 420 g/mol. The Balaban J connectivity index is 2.10. The van der Waals surface area contributed by atoms with Crippen LogP contribution in [0.25, 0.3) is 0 Å². The van der Waals surface area contributed by atoms with Crippen LogP contribution in [0, 0.1) is 11.6 Å². The van der Waals surface area contributed by atoms with E-state index in [4.69, 9.17) is 0 Å². The summed E-state index contributed by atoms with van der Waals surface area (Å²) in [5.74, 6) is -0.966. The molecule has 4 nitrogen and oxygen atoms in total. The zero-order valence-electron chi connectivity index (χ0n) is 16.8. The summed E-state index contributed by atoms with van der Waals surface area (Å²) in [5, 5.41) is 2.78. The van der Waals surface area contributed by atoms with Gasteiger partial charge >= 0.3 is 0 Å². The molecule has 29 heavy (non-hydrogen) atoms. The standard InChI is InChI=1S/C22H26F2N2O2S/c1-15(2)25-22(28)16(3)26(12-17-8-4-6-10-19(17)23)21(27)14-29-13-18-9-5-7-11-20(18)24/h4-11,15-16H,12-14H2,1-3H3,(H,25,28). The number of benzene rings is 2. The largest absolute Gasteiger partial charge is 0.352 e. The number of amides is 2. The molecule has 0 aliphatic rings.